The van der Waals surface area contributed by atoms with E-state index in [-0.39, 0.29) is 22.9 Å². The van der Waals surface area contributed by atoms with Gasteiger partial charge in [0.25, 0.3) is 0 Å². The molecule has 1 aliphatic heterocycles. The number of para-hydroxylation sites is 1. The fourth-order valence-corrected chi connectivity index (χ4v) is 5.75. The van der Waals surface area contributed by atoms with E-state index in [4.69, 9.17) is 0 Å². The van der Waals surface area contributed by atoms with Crippen molar-refractivity contribution >= 4 is 26.6 Å². The molecule has 1 aromatic heterocycles. The number of fused-ring (bicyclic) bond motifs is 1. The minimum atomic E-state index is -3.80. The van der Waals surface area contributed by atoms with Gasteiger partial charge in [-0.15, -0.1) is 0 Å². The maximum Gasteiger partial charge on any atom is 0.242 e. The number of hydrogen-bond acceptors (Lipinski definition) is 3. The molecule has 5 nitrogen and oxygen atoms in total. The molecule has 1 saturated heterocycles. The van der Waals surface area contributed by atoms with Crippen LogP contribution in [0.3, 0.4) is 0 Å². The zero-order valence-corrected chi connectivity index (χ0v) is 17.7. The Morgan fingerprint density at radius 1 is 1.13 bits per heavy atom. The topological polar surface area (TPSA) is 59.4 Å². The van der Waals surface area contributed by atoms with Gasteiger partial charge in [-0.1, -0.05) is 43.3 Å². The maximum absolute atomic E-state index is 14.0. The van der Waals surface area contributed by atoms with E-state index in [1.807, 2.05) is 17.0 Å². The number of nitrogens with zero attached hydrogens (tertiary/aromatic N) is 2. The number of carbonyl (C=O) groups excluding carboxylic acids is 1. The van der Waals surface area contributed by atoms with Crippen LogP contribution in [0.25, 0.3) is 10.9 Å². The first-order valence-electron chi connectivity index (χ1n) is 10.2. The van der Waals surface area contributed by atoms with Gasteiger partial charge in [-0.05, 0) is 30.9 Å². The van der Waals surface area contributed by atoms with Crippen LogP contribution in [0.5, 0.6) is 0 Å². The lowest BCUT2D eigenvalue weighted by Gasteiger charge is -2.31. The van der Waals surface area contributed by atoms with Gasteiger partial charge in [-0.2, -0.15) is 0 Å². The Bertz CT molecular complexity index is 1190. The van der Waals surface area contributed by atoms with Crippen LogP contribution in [-0.2, 0) is 26.9 Å². The lowest BCUT2D eigenvalue weighted by atomic mass is 10.0. The molecule has 2 aromatic carbocycles. The highest BCUT2D eigenvalue weighted by molar-refractivity contribution is 7.90. The standard InChI is InChI=1S/C23H25FN2O3S/c1-17-7-6-12-25(13-17)23(27)15-26-14-22(19-9-3-5-11-21(19)26)30(28,29)16-18-8-2-4-10-20(18)24/h2-5,8-11,14,17H,6-7,12-13,15-16H2,1H3/t17-/m1/s1. The van der Waals surface area contributed by atoms with Gasteiger partial charge in [0, 0.05) is 35.8 Å². The number of piperidine rings is 1. The Morgan fingerprint density at radius 2 is 1.87 bits per heavy atom. The molecule has 1 fully saturated rings. The van der Waals surface area contributed by atoms with E-state index < -0.39 is 21.4 Å². The average Bonchev–Trinajstić information content (AvgIpc) is 3.09. The molecule has 158 valence electrons. The largest absolute Gasteiger partial charge is 0.341 e. The quantitative estimate of drug-likeness (QED) is 0.617. The molecule has 0 saturated carbocycles. The highest BCUT2D eigenvalue weighted by Crippen LogP contribution is 2.29. The van der Waals surface area contributed by atoms with Gasteiger partial charge in [0.05, 0.1) is 10.6 Å². The molecule has 2 heterocycles. The van der Waals surface area contributed by atoms with Crippen molar-refractivity contribution in [2.45, 2.75) is 37.0 Å². The number of likely N-dealkylation sites (tertiary alicyclic amines) is 1. The second-order valence-electron chi connectivity index (χ2n) is 8.08. The first-order chi connectivity index (χ1) is 14.3. The van der Waals surface area contributed by atoms with Crippen LogP contribution >= 0.6 is 0 Å². The summed E-state index contributed by atoms with van der Waals surface area (Å²) in [7, 11) is -3.80. The Labute approximate surface area is 176 Å². The predicted octanol–water partition coefficient (Wildman–Crippen LogP) is 4.01. The van der Waals surface area contributed by atoms with E-state index >= 15 is 0 Å². The van der Waals surface area contributed by atoms with Gasteiger partial charge in [-0.25, -0.2) is 12.8 Å². The minimum Gasteiger partial charge on any atom is -0.341 e. The number of rotatable bonds is 5. The van der Waals surface area contributed by atoms with Crippen LogP contribution in [0.2, 0.25) is 0 Å². The molecule has 1 amide bonds. The lowest BCUT2D eigenvalue weighted by molar-refractivity contribution is -0.133. The van der Waals surface area contributed by atoms with Crippen LogP contribution in [0.4, 0.5) is 4.39 Å². The van der Waals surface area contributed by atoms with Crippen molar-refractivity contribution in [3.63, 3.8) is 0 Å². The highest BCUT2D eigenvalue weighted by atomic mass is 32.2. The average molecular weight is 429 g/mol. The summed E-state index contributed by atoms with van der Waals surface area (Å²) in [6.07, 6.45) is 3.63. The smallest absolute Gasteiger partial charge is 0.242 e. The van der Waals surface area contributed by atoms with Crippen molar-refractivity contribution in [3.05, 3.63) is 66.1 Å². The van der Waals surface area contributed by atoms with E-state index in [0.717, 1.165) is 25.9 Å². The van der Waals surface area contributed by atoms with Gasteiger partial charge in [0.2, 0.25) is 5.91 Å². The SMILES string of the molecule is C[C@@H]1CCCN(C(=O)Cn2cc(S(=O)(=O)Cc3ccccc3F)c3ccccc32)C1. The number of hydrogen-bond donors (Lipinski definition) is 0. The van der Waals surface area contributed by atoms with Crippen molar-refractivity contribution in [1.29, 1.82) is 0 Å². The van der Waals surface area contributed by atoms with Gasteiger partial charge in [0.15, 0.2) is 9.84 Å². The van der Waals surface area contributed by atoms with Gasteiger partial charge >= 0.3 is 0 Å². The molecule has 30 heavy (non-hydrogen) atoms. The van der Waals surface area contributed by atoms with Crippen molar-refractivity contribution in [3.8, 4) is 0 Å². The molecule has 4 rings (SSSR count). The molecule has 7 heteroatoms. The molecule has 0 unspecified atom stereocenters. The number of sulfone groups is 1. The molecule has 0 radical (unpaired) electrons. The first kappa shape index (κ1) is 20.6. The van der Waals surface area contributed by atoms with Crippen molar-refractivity contribution in [2.75, 3.05) is 13.1 Å². The summed E-state index contributed by atoms with van der Waals surface area (Å²) in [5.41, 5.74) is 0.815. The predicted molar refractivity (Wildman–Crippen MR) is 114 cm³/mol. The normalized spacial score (nSPS) is 17.4. The second-order valence-corrected chi connectivity index (χ2v) is 10.0. The van der Waals surface area contributed by atoms with Crippen LogP contribution < -0.4 is 0 Å². The molecule has 0 bridgehead atoms. The van der Waals surface area contributed by atoms with E-state index in [0.29, 0.717) is 16.8 Å². The van der Waals surface area contributed by atoms with Crippen LogP contribution in [0.15, 0.2) is 59.6 Å². The molecule has 1 aliphatic rings. The van der Waals surface area contributed by atoms with Crippen molar-refractivity contribution in [1.82, 2.24) is 9.47 Å². The van der Waals surface area contributed by atoms with E-state index in [1.165, 1.54) is 24.4 Å². The second kappa shape index (κ2) is 8.22. The van der Waals surface area contributed by atoms with E-state index in [1.54, 1.807) is 22.8 Å². The monoisotopic (exact) mass is 428 g/mol. The summed E-state index contributed by atoms with van der Waals surface area (Å²) in [6, 6.07) is 13.0. The summed E-state index contributed by atoms with van der Waals surface area (Å²) < 4.78 is 42.0. The molecule has 0 N–H and O–H groups in total. The molecule has 1 atom stereocenters. The molecule has 0 aliphatic carbocycles. The molecular formula is C23H25FN2O3S. The van der Waals surface area contributed by atoms with Gasteiger partial charge in [-0.3, -0.25) is 4.79 Å². The zero-order chi connectivity index (χ0) is 21.3. The minimum absolute atomic E-state index is 0.0136. The summed E-state index contributed by atoms with van der Waals surface area (Å²) >= 11 is 0. The molecular weight excluding hydrogens is 403 g/mol. The summed E-state index contributed by atoms with van der Waals surface area (Å²) in [6.45, 7) is 3.69. The molecule has 3 aromatic rings. The van der Waals surface area contributed by atoms with Crippen LogP contribution in [-0.4, -0.2) is 36.9 Å². The number of halogens is 1. The zero-order valence-electron chi connectivity index (χ0n) is 16.9. The van der Waals surface area contributed by atoms with Crippen LogP contribution in [0.1, 0.15) is 25.3 Å². The summed E-state index contributed by atoms with van der Waals surface area (Å²) in [5.74, 6) is -0.508. The maximum atomic E-state index is 14.0. The fraction of sp³-hybridized carbons (Fsp3) is 0.348. The summed E-state index contributed by atoms with van der Waals surface area (Å²) in [4.78, 5) is 14.8. The van der Waals surface area contributed by atoms with Gasteiger partial charge < -0.3 is 9.47 Å². The van der Waals surface area contributed by atoms with E-state index in [9.17, 15) is 17.6 Å². The van der Waals surface area contributed by atoms with Gasteiger partial charge in [0.1, 0.15) is 12.4 Å². The Hall–Kier alpha value is -2.67. The third-order valence-corrected chi connectivity index (χ3v) is 7.39. The van der Waals surface area contributed by atoms with Crippen molar-refractivity contribution in [2.24, 2.45) is 5.92 Å². The Morgan fingerprint density at radius 3 is 2.63 bits per heavy atom. The Kier molecular flexibility index (Phi) is 5.64. The third kappa shape index (κ3) is 4.12. The van der Waals surface area contributed by atoms with Crippen LogP contribution in [0, 0.1) is 11.7 Å². The van der Waals surface area contributed by atoms with Crippen molar-refractivity contribution < 1.29 is 17.6 Å². The number of benzene rings is 2. The number of carbonyl (C=O) groups is 1. The highest BCUT2D eigenvalue weighted by Gasteiger charge is 2.25. The number of aromatic nitrogens is 1. The summed E-state index contributed by atoms with van der Waals surface area (Å²) in [5, 5.41) is 0.550. The van der Waals surface area contributed by atoms with E-state index in [2.05, 4.69) is 6.92 Å². The Balaban J connectivity index is 1.67. The fourth-order valence-electron chi connectivity index (χ4n) is 4.15. The molecule has 0 spiro atoms. The third-order valence-electron chi connectivity index (χ3n) is 5.71. The first-order valence-corrected chi connectivity index (χ1v) is 11.8. The lowest BCUT2D eigenvalue weighted by Crippen LogP contribution is -2.40. The number of amides is 1.